The lowest BCUT2D eigenvalue weighted by molar-refractivity contribution is -0.0156. The molecule has 3 rings (SSSR count). The quantitative estimate of drug-likeness (QED) is 0.767. The summed E-state index contributed by atoms with van der Waals surface area (Å²) in [4.78, 5) is 26.7. The van der Waals surface area contributed by atoms with E-state index in [0.29, 0.717) is 24.0 Å². The van der Waals surface area contributed by atoms with Gasteiger partial charge in [-0.1, -0.05) is 24.4 Å². The Labute approximate surface area is 160 Å². The smallest absolute Gasteiger partial charge is 0.410 e. The molecule has 1 aromatic heterocycles. The van der Waals surface area contributed by atoms with Gasteiger partial charge in [0, 0.05) is 36.9 Å². The van der Waals surface area contributed by atoms with Crippen molar-refractivity contribution in [2.45, 2.75) is 65.0 Å². The average Bonchev–Trinajstić information content (AvgIpc) is 2.99. The van der Waals surface area contributed by atoms with E-state index < -0.39 is 5.60 Å². The van der Waals surface area contributed by atoms with Crippen LogP contribution in [0.15, 0.2) is 23.1 Å². The number of hydrogen-bond acceptors (Lipinski definition) is 3. The lowest BCUT2D eigenvalue weighted by atomic mass is 9.69. The van der Waals surface area contributed by atoms with Gasteiger partial charge in [-0.25, -0.2) is 4.79 Å². The van der Waals surface area contributed by atoms with Crippen molar-refractivity contribution in [3.05, 3.63) is 33.7 Å². The molecule has 0 N–H and O–H groups in total. The fourth-order valence-corrected chi connectivity index (χ4v) is 4.64. The number of piperidine rings is 1. The van der Waals surface area contributed by atoms with Gasteiger partial charge in [0.1, 0.15) is 5.60 Å². The molecule has 6 heteroatoms. The topological polar surface area (TPSA) is 51.5 Å². The van der Waals surface area contributed by atoms with Crippen LogP contribution >= 0.6 is 11.6 Å². The van der Waals surface area contributed by atoms with E-state index in [1.807, 2.05) is 25.7 Å². The van der Waals surface area contributed by atoms with Crippen LogP contribution < -0.4 is 5.56 Å². The van der Waals surface area contributed by atoms with Crippen molar-refractivity contribution in [1.82, 2.24) is 9.47 Å². The summed E-state index contributed by atoms with van der Waals surface area (Å²) in [5.74, 6) is 0.391. The van der Waals surface area contributed by atoms with Crippen molar-refractivity contribution in [3.8, 4) is 0 Å². The van der Waals surface area contributed by atoms with Crippen molar-refractivity contribution < 1.29 is 9.53 Å². The average molecular weight is 381 g/mol. The van der Waals surface area contributed by atoms with Crippen LogP contribution in [0, 0.1) is 11.3 Å². The van der Waals surface area contributed by atoms with Gasteiger partial charge < -0.3 is 14.2 Å². The fourth-order valence-electron chi connectivity index (χ4n) is 4.49. The highest BCUT2D eigenvalue weighted by atomic mass is 35.5. The summed E-state index contributed by atoms with van der Waals surface area (Å²) in [7, 11) is 0. The van der Waals surface area contributed by atoms with Crippen LogP contribution in [0.2, 0.25) is 5.02 Å². The standard InChI is InChI=1S/C20H29ClN2O3/c1-19(2,3)26-18(25)23-10-6-15(20(14-23)8-4-5-9-20)13-22-11-7-16(21)12-17(22)24/h7,11-12,15H,4-6,8-10,13-14H2,1-3H3/t15-/m1/s1. The molecule has 1 atom stereocenters. The molecule has 2 fully saturated rings. The molecule has 0 bridgehead atoms. The number of ether oxygens (including phenoxy) is 1. The third-order valence-electron chi connectivity index (χ3n) is 5.75. The predicted octanol–water partition coefficient (Wildman–Crippen LogP) is 4.32. The second-order valence-electron chi connectivity index (χ2n) is 8.79. The molecule has 0 unspecified atom stereocenters. The van der Waals surface area contributed by atoms with E-state index in [-0.39, 0.29) is 17.1 Å². The molecule has 26 heavy (non-hydrogen) atoms. The fraction of sp³-hybridized carbons (Fsp3) is 0.700. The summed E-state index contributed by atoms with van der Waals surface area (Å²) in [6.07, 6.45) is 7.06. The maximum atomic E-state index is 12.5. The van der Waals surface area contributed by atoms with Crippen LogP contribution in [0.1, 0.15) is 52.9 Å². The summed E-state index contributed by atoms with van der Waals surface area (Å²) in [6.45, 7) is 7.80. The van der Waals surface area contributed by atoms with Gasteiger partial charge in [-0.2, -0.15) is 0 Å². The molecule has 1 saturated heterocycles. The summed E-state index contributed by atoms with van der Waals surface area (Å²) >= 11 is 5.92. The highest BCUT2D eigenvalue weighted by molar-refractivity contribution is 6.30. The number of carbonyl (C=O) groups is 1. The van der Waals surface area contributed by atoms with Gasteiger partial charge >= 0.3 is 6.09 Å². The molecular formula is C20H29ClN2O3. The summed E-state index contributed by atoms with van der Waals surface area (Å²) in [5, 5.41) is 0.474. The van der Waals surface area contributed by atoms with Gasteiger partial charge in [0.2, 0.25) is 0 Å². The molecule has 5 nitrogen and oxygen atoms in total. The highest BCUT2D eigenvalue weighted by Crippen LogP contribution is 2.49. The number of carbonyl (C=O) groups excluding carboxylic acids is 1. The molecule has 1 saturated carbocycles. The Morgan fingerprint density at radius 3 is 2.65 bits per heavy atom. The zero-order chi connectivity index (χ0) is 18.9. The van der Waals surface area contributed by atoms with Crippen LogP contribution in [0.5, 0.6) is 0 Å². The van der Waals surface area contributed by atoms with E-state index in [9.17, 15) is 9.59 Å². The molecule has 1 spiro atoms. The number of amides is 1. The number of halogens is 1. The Morgan fingerprint density at radius 2 is 2.04 bits per heavy atom. The van der Waals surface area contributed by atoms with Crippen molar-refractivity contribution in [1.29, 1.82) is 0 Å². The maximum absolute atomic E-state index is 12.5. The third-order valence-corrected chi connectivity index (χ3v) is 5.98. The van der Waals surface area contributed by atoms with Gasteiger partial charge in [-0.3, -0.25) is 4.79 Å². The molecule has 0 aromatic carbocycles. The summed E-state index contributed by atoms with van der Waals surface area (Å²) < 4.78 is 7.35. The second kappa shape index (κ2) is 7.26. The summed E-state index contributed by atoms with van der Waals surface area (Å²) in [6, 6.07) is 3.23. The Bertz CT molecular complexity index is 717. The molecule has 2 heterocycles. The van der Waals surface area contributed by atoms with Crippen molar-refractivity contribution >= 4 is 17.7 Å². The predicted molar refractivity (Wildman–Crippen MR) is 103 cm³/mol. The highest BCUT2D eigenvalue weighted by Gasteiger charge is 2.46. The first-order valence-corrected chi connectivity index (χ1v) is 9.90. The molecule has 1 amide bonds. The first-order valence-electron chi connectivity index (χ1n) is 9.52. The molecular weight excluding hydrogens is 352 g/mol. The molecule has 144 valence electrons. The van der Waals surface area contributed by atoms with Gasteiger partial charge in [0.05, 0.1) is 0 Å². The molecule has 1 aliphatic heterocycles. The van der Waals surface area contributed by atoms with Crippen molar-refractivity contribution in [2.24, 2.45) is 11.3 Å². The minimum atomic E-state index is -0.479. The minimum Gasteiger partial charge on any atom is -0.444 e. The number of likely N-dealkylation sites (tertiary alicyclic amines) is 1. The molecule has 1 aliphatic carbocycles. The first-order chi connectivity index (χ1) is 12.2. The number of hydrogen-bond donors (Lipinski definition) is 0. The SMILES string of the molecule is CC(C)(C)OC(=O)N1CC[C@H](Cn2ccc(Cl)cc2=O)C2(CCCC2)C1. The van der Waals surface area contributed by atoms with Gasteiger partial charge in [-0.15, -0.1) is 0 Å². The largest absolute Gasteiger partial charge is 0.444 e. The zero-order valence-electron chi connectivity index (χ0n) is 16.0. The van der Waals surface area contributed by atoms with Crippen molar-refractivity contribution in [3.63, 3.8) is 0 Å². The van der Waals surface area contributed by atoms with E-state index in [1.165, 1.54) is 18.9 Å². The van der Waals surface area contributed by atoms with Crippen LogP contribution in [0.25, 0.3) is 0 Å². The Kier molecular flexibility index (Phi) is 5.38. The van der Waals surface area contributed by atoms with E-state index in [0.717, 1.165) is 25.8 Å². The normalized spacial score (nSPS) is 22.6. The van der Waals surface area contributed by atoms with Crippen LogP contribution in [-0.4, -0.2) is 34.3 Å². The maximum Gasteiger partial charge on any atom is 0.410 e. The van der Waals surface area contributed by atoms with E-state index in [4.69, 9.17) is 16.3 Å². The Balaban J connectivity index is 1.76. The number of rotatable bonds is 2. The minimum absolute atomic E-state index is 0.0554. The van der Waals surface area contributed by atoms with Gasteiger partial charge in [0.25, 0.3) is 5.56 Å². The first kappa shape index (κ1) is 19.3. The lowest BCUT2D eigenvalue weighted by Gasteiger charge is -2.46. The van der Waals surface area contributed by atoms with Gasteiger partial charge in [-0.05, 0) is 57.4 Å². The molecule has 0 radical (unpaired) electrons. The van der Waals surface area contributed by atoms with E-state index >= 15 is 0 Å². The van der Waals surface area contributed by atoms with Crippen LogP contribution in [0.3, 0.4) is 0 Å². The van der Waals surface area contributed by atoms with E-state index in [2.05, 4.69) is 0 Å². The summed E-state index contributed by atoms with van der Waals surface area (Å²) in [5.41, 5.74) is -0.443. The van der Waals surface area contributed by atoms with Crippen molar-refractivity contribution in [2.75, 3.05) is 13.1 Å². The third kappa shape index (κ3) is 4.25. The van der Waals surface area contributed by atoms with Gasteiger partial charge in [0.15, 0.2) is 0 Å². The number of nitrogens with zero attached hydrogens (tertiary/aromatic N) is 2. The Morgan fingerprint density at radius 1 is 1.35 bits per heavy atom. The molecule has 2 aliphatic rings. The monoisotopic (exact) mass is 380 g/mol. The van der Waals surface area contributed by atoms with Crippen LogP contribution in [0.4, 0.5) is 4.79 Å². The van der Waals surface area contributed by atoms with E-state index in [1.54, 1.807) is 16.8 Å². The second-order valence-corrected chi connectivity index (χ2v) is 9.23. The van der Waals surface area contributed by atoms with Crippen LogP contribution in [-0.2, 0) is 11.3 Å². The Hall–Kier alpha value is -1.49. The number of pyridine rings is 1. The zero-order valence-corrected chi connectivity index (χ0v) is 16.7. The molecule has 1 aromatic rings. The number of aromatic nitrogens is 1. The lowest BCUT2D eigenvalue weighted by Crippen LogP contribution is -2.52.